The van der Waals surface area contributed by atoms with E-state index in [1.165, 1.54) is 31.2 Å². The highest BCUT2D eigenvalue weighted by molar-refractivity contribution is 7.91. The van der Waals surface area contributed by atoms with E-state index in [-0.39, 0.29) is 4.90 Å². The monoisotopic (exact) mass is 379 g/mol. The van der Waals surface area contributed by atoms with Crippen molar-refractivity contribution in [3.63, 3.8) is 0 Å². The zero-order valence-electron chi connectivity index (χ0n) is 13.3. The first-order valence-electron chi connectivity index (χ1n) is 7.19. The predicted octanol–water partition coefficient (Wildman–Crippen LogP) is 1.57. The second-order valence-electron chi connectivity index (χ2n) is 5.50. The number of hydrogen-bond acceptors (Lipinski definition) is 9. The number of rotatable bonds is 4. The van der Waals surface area contributed by atoms with E-state index in [0.717, 1.165) is 12.4 Å². The number of phenolic OH excluding ortho intramolecular Hbond substituents is 2. The molecule has 2 aromatic carbocycles. The Kier molecular flexibility index (Phi) is 4.05. The molecule has 1 aliphatic rings. The number of sulfone groups is 1. The van der Waals surface area contributed by atoms with Crippen LogP contribution in [-0.4, -0.2) is 29.9 Å². The van der Waals surface area contributed by atoms with Gasteiger partial charge in [0, 0.05) is 6.07 Å². The summed E-state index contributed by atoms with van der Waals surface area (Å²) in [6.45, 7) is 1.28. The number of nitro groups is 1. The molecule has 0 saturated carbocycles. The van der Waals surface area contributed by atoms with Crippen molar-refractivity contribution >= 4 is 21.9 Å². The molecule has 1 heterocycles. The average molecular weight is 379 g/mol. The molecule has 3 rings (SSSR count). The molecule has 0 aromatic heterocycles. The van der Waals surface area contributed by atoms with E-state index in [4.69, 9.17) is 4.84 Å². The number of nitrogens with one attached hydrogen (secondary N) is 1. The second-order valence-corrected chi connectivity index (χ2v) is 7.42. The highest BCUT2D eigenvalue weighted by atomic mass is 32.2. The molecular formula is C15H13N3O7S. The fourth-order valence-corrected chi connectivity index (χ4v) is 4.21. The summed E-state index contributed by atoms with van der Waals surface area (Å²) in [5.74, 6) is -2.03. The molecule has 1 aliphatic heterocycles. The maximum atomic E-state index is 13.0. The summed E-state index contributed by atoms with van der Waals surface area (Å²) in [4.78, 5) is 18.8. The SMILES string of the molecule is CC1(c2c(S(=O)(=O)c3ccccc3)cc(O)c(O)c2[N+](=O)[O-])N=CNO1. The van der Waals surface area contributed by atoms with Crippen molar-refractivity contribution in [3.8, 4) is 11.5 Å². The van der Waals surface area contributed by atoms with Crippen LogP contribution in [-0.2, 0) is 20.4 Å². The molecule has 0 amide bonds. The quantitative estimate of drug-likeness (QED) is 0.411. The molecule has 0 radical (unpaired) electrons. The van der Waals surface area contributed by atoms with Gasteiger partial charge < -0.3 is 10.2 Å². The molecule has 136 valence electrons. The summed E-state index contributed by atoms with van der Waals surface area (Å²) in [5, 5.41) is 31.4. The third kappa shape index (κ3) is 2.62. The summed E-state index contributed by atoms with van der Waals surface area (Å²) in [6, 6.07) is 7.90. The third-order valence-electron chi connectivity index (χ3n) is 3.83. The number of hydrogen-bond donors (Lipinski definition) is 3. The molecule has 26 heavy (non-hydrogen) atoms. The maximum absolute atomic E-state index is 13.0. The van der Waals surface area contributed by atoms with E-state index in [1.807, 2.05) is 0 Å². The Morgan fingerprint density at radius 1 is 1.27 bits per heavy atom. The highest BCUT2D eigenvalue weighted by Gasteiger charge is 2.45. The van der Waals surface area contributed by atoms with Crippen molar-refractivity contribution in [2.24, 2.45) is 4.99 Å². The molecule has 11 heteroatoms. The largest absolute Gasteiger partial charge is 0.504 e. The molecule has 0 bridgehead atoms. The van der Waals surface area contributed by atoms with E-state index in [1.54, 1.807) is 6.07 Å². The van der Waals surface area contributed by atoms with Gasteiger partial charge in [-0.3, -0.25) is 15.6 Å². The molecule has 1 atom stereocenters. The lowest BCUT2D eigenvalue weighted by atomic mass is 10.0. The highest BCUT2D eigenvalue weighted by Crippen LogP contribution is 2.48. The van der Waals surface area contributed by atoms with Gasteiger partial charge in [0.1, 0.15) is 11.9 Å². The number of aliphatic imine (C=N–C) groups is 1. The van der Waals surface area contributed by atoms with Crippen LogP contribution in [0.5, 0.6) is 11.5 Å². The van der Waals surface area contributed by atoms with Crippen LogP contribution in [0.2, 0.25) is 0 Å². The molecule has 1 unspecified atom stereocenters. The van der Waals surface area contributed by atoms with Gasteiger partial charge in [0.15, 0.2) is 5.75 Å². The van der Waals surface area contributed by atoms with Gasteiger partial charge in [0.2, 0.25) is 21.3 Å². The van der Waals surface area contributed by atoms with Crippen LogP contribution in [0.25, 0.3) is 0 Å². The molecule has 0 fully saturated rings. The van der Waals surface area contributed by atoms with Crippen molar-refractivity contribution in [1.82, 2.24) is 5.48 Å². The zero-order valence-corrected chi connectivity index (χ0v) is 14.1. The van der Waals surface area contributed by atoms with E-state index in [9.17, 15) is 28.7 Å². The number of nitro benzene ring substituents is 1. The minimum atomic E-state index is -4.30. The van der Waals surface area contributed by atoms with Crippen molar-refractivity contribution in [1.29, 1.82) is 0 Å². The van der Waals surface area contributed by atoms with Crippen LogP contribution >= 0.6 is 0 Å². The Balaban J connectivity index is 2.43. The smallest absolute Gasteiger partial charge is 0.324 e. The lowest BCUT2D eigenvalue weighted by Crippen LogP contribution is -2.27. The molecule has 0 spiro atoms. The van der Waals surface area contributed by atoms with E-state index in [0.29, 0.717) is 0 Å². The van der Waals surface area contributed by atoms with E-state index in [2.05, 4.69) is 10.5 Å². The number of aromatic hydroxyl groups is 2. The summed E-state index contributed by atoms with van der Waals surface area (Å²) in [5.41, 5.74) is -1.06. The Labute approximate surface area is 147 Å². The van der Waals surface area contributed by atoms with E-state index < -0.39 is 48.1 Å². The molecule has 0 saturated heterocycles. The Hall–Kier alpha value is -3.18. The molecular weight excluding hydrogens is 366 g/mol. The van der Waals surface area contributed by atoms with Crippen molar-refractivity contribution < 1.29 is 28.4 Å². The number of hydroxylamine groups is 1. The normalized spacial score (nSPS) is 19.3. The Morgan fingerprint density at radius 3 is 2.46 bits per heavy atom. The van der Waals surface area contributed by atoms with E-state index >= 15 is 0 Å². The zero-order chi connectivity index (χ0) is 19.1. The fraction of sp³-hybridized carbons (Fsp3) is 0.133. The number of benzene rings is 2. The van der Waals surface area contributed by atoms with Gasteiger partial charge in [-0.25, -0.2) is 18.2 Å². The van der Waals surface area contributed by atoms with Gasteiger partial charge in [-0.2, -0.15) is 0 Å². The lowest BCUT2D eigenvalue weighted by molar-refractivity contribution is -0.388. The molecule has 10 nitrogen and oxygen atoms in total. The predicted molar refractivity (Wildman–Crippen MR) is 88.4 cm³/mol. The summed E-state index contributed by atoms with van der Waals surface area (Å²) in [6.07, 6.45) is 1.09. The first kappa shape index (κ1) is 17.6. The van der Waals surface area contributed by atoms with Gasteiger partial charge in [-0.05, 0) is 19.1 Å². The Morgan fingerprint density at radius 2 is 1.92 bits per heavy atom. The average Bonchev–Trinajstić information content (AvgIpc) is 3.04. The van der Waals surface area contributed by atoms with Crippen LogP contribution in [0.4, 0.5) is 5.69 Å². The van der Waals surface area contributed by atoms with Gasteiger partial charge >= 0.3 is 5.69 Å². The third-order valence-corrected chi connectivity index (χ3v) is 5.62. The first-order valence-corrected chi connectivity index (χ1v) is 8.68. The van der Waals surface area contributed by atoms with Crippen LogP contribution < -0.4 is 5.48 Å². The van der Waals surface area contributed by atoms with Gasteiger partial charge in [0.25, 0.3) is 0 Å². The summed E-state index contributed by atoms with van der Waals surface area (Å²) >= 11 is 0. The molecule has 0 aliphatic carbocycles. The Bertz CT molecular complexity index is 1020. The first-order chi connectivity index (χ1) is 12.2. The molecule has 3 N–H and O–H groups in total. The fourth-order valence-electron chi connectivity index (χ4n) is 2.62. The summed E-state index contributed by atoms with van der Waals surface area (Å²) < 4.78 is 26.1. The van der Waals surface area contributed by atoms with Crippen molar-refractivity contribution in [2.75, 3.05) is 0 Å². The van der Waals surface area contributed by atoms with Crippen LogP contribution in [0.1, 0.15) is 12.5 Å². The number of phenols is 2. The topological polar surface area (TPSA) is 151 Å². The summed E-state index contributed by atoms with van der Waals surface area (Å²) in [7, 11) is -4.30. The minimum absolute atomic E-state index is 0.154. The maximum Gasteiger partial charge on any atom is 0.324 e. The van der Waals surface area contributed by atoms with Crippen LogP contribution in [0, 0.1) is 10.1 Å². The van der Waals surface area contributed by atoms with Gasteiger partial charge in [0.05, 0.1) is 14.7 Å². The lowest BCUT2D eigenvalue weighted by Gasteiger charge is -2.23. The van der Waals surface area contributed by atoms with Crippen LogP contribution in [0.3, 0.4) is 0 Å². The second kappa shape index (κ2) is 5.97. The van der Waals surface area contributed by atoms with Gasteiger partial charge in [-0.15, -0.1) is 0 Å². The van der Waals surface area contributed by atoms with Crippen LogP contribution in [0.15, 0.2) is 51.2 Å². The number of nitrogens with zero attached hydrogens (tertiary/aromatic N) is 2. The standard InChI is InChI=1S/C15H13N3O7S/c1-15(16-8-17-25-15)12-11(7-10(19)14(20)13(12)18(21)22)26(23,24)9-5-3-2-4-6-9/h2-8,19-20H,1H3,(H,16,17). The van der Waals surface area contributed by atoms with Gasteiger partial charge in [-0.1, -0.05) is 18.2 Å². The van der Waals surface area contributed by atoms with Crippen molar-refractivity contribution in [3.05, 3.63) is 52.1 Å². The molecule has 2 aromatic rings. The minimum Gasteiger partial charge on any atom is -0.504 e. The van der Waals surface area contributed by atoms with Crippen molar-refractivity contribution in [2.45, 2.75) is 22.4 Å².